The van der Waals surface area contributed by atoms with E-state index in [9.17, 15) is 9.59 Å². The molecule has 1 saturated carbocycles. The molecule has 0 heterocycles. The van der Waals surface area contributed by atoms with Crippen LogP contribution in [0.5, 0.6) is 5.75 Å². The molecule has 0 aliphatic heterocycles. The fourth-order valence-electron chi connectivity index (χ4n) is 3.30. The number of amides is 2. The van der Waals surface area contributed by atoms with E-state index in [1.807, 2.05) is 19.9 Å². The van der Waals surface area contributed by atoms with Gasteiger partial charge in [-0.15, -0.1) is 0 Å². The van der Waals surface area contributed by atoms with Gasteiger partial charge in [-0.3, -0.25) is 9.59 Å². The molecule has 0 aromatic heterocycles. The van der Waals surface area contributed by atoms with Gasteiger partial charge in [0.05, 0.1) is 12.7 Å². The number of nitrogens with one attached hydrogen (secondary N) is 2. The van der Waals surface area contributed by atoms with Gasteiger partial charge in [0, 0.05) is 6.04 Å². The highest BCUT2D eigenvalue weighted by Crippen LogP contribution is 2.19. The van der Waals surface area contributed by atoms with Crippen molar-refractivity contribution < 1.29 is 14.3 Å². The Labute approximate surface area is 150 Å². The van der Waals surface area contributed by atoms with Crippen LogP contribution < -0.4 is 15.4 Å². The first-order chi connectivity index (χ1) is 12.0. The summed E-state index contributed by atoms with van der Waals surface area (Å²) >= 11 is 0. The van der Waals surface area contributed by atoms with Gasteiger partial charge in [0.25, 0.3) is 5.91 Å². The summed E-state index contributed by atoms with van der Waals surface area (Å²) < 4.78 is 5.24. The van der Waals surface area contributed by atoms with Crippen LogP contribution in [0.4, 0.5) is 0 Å². The number of hydrogen-bond acceptors (Lipinski definition) is 3. The Bertz CT molecular complexity index is 578. The van der Waals surface area contributed by atoms with Crippen LogP contribution in [-0.4, -0.2) is 31.0 Å². The molecule has 1 aliphatic carbocycles. The molecular formula is C20H30N2O3. The highest BCUT2D eigenvalue weighted by atomic mass is 16.5. The monoisotopic (exact) mass is 346 g/mol. The van der Waals surface area contributed by atoms with E-state index in [4.69, 9.17) is 4.74 Å². The fourth-order valence-corrected chi connectivity index (χ4v) is 3.30. The maximum atomic E-state index is 12.7. The Morgan fingerprint density at radius 2 is 1.72 bits per heavy atom. The molecule has 2 rings (SSSR count). The Balaban J connectivity index is 2.04. The fraction of sp³-hybridized carbons (Fsp3) is 0.600. The third-order valence-electron chi connectivity index (χ3n) is 4.79. The van der Waals surface area contributed by atoms with E-state index in [2.05, 4.69) is 10.6 Å². The largest absolute Gasteiger partial charge is 0.496 e. The average molecular weight is 346 g/mol. The van der Waals surface area contributed by atoms with Crippen LogP contribution in [0.15, 0.2) is 24.3 Å². The number of para-hydroxylation sites is 1. The lowest BCUT2D eigenvalue weighted by Gasteiger charge is -2.25. The molecule has 1 aromatic rings. The van der Waals surface area contributed by atoms with Gasteiger partial charge in [0.15, 0.2) is 0 Å². The van der Waals surface area contributed by atoms with Gasteiger partial charge in [-0.1, -0.05) is 51.7 Å². The van der Waals surface area contributed by atoms with Gasteiger partial charge in [-0.05, 0) is 30.9 Å². The maximum absolute atomic E-state index is 12.7. The quantitative estimate of drug-likeness (QED) is 0.777. The van der Waals surface area contributed by atoms with Crippen LogP contribution in [0.3, 0.4) is 0 Å². The molecule has 1 atom stereocenters. The summed E-state index contributed by atoms with van der Waals surface area (Å²) in [7, 11) is 1.53. The molecule has 5 nitrogen and oxygen atoms in total. The lowest BCUT2D eigenvalue weighted by Crippen LogP contribution is -2.52. The van der Waals surface area contributed by atoms with Crippen LogP contribution in [0.25, 0.3) is 0 Å². The molecule has 25 heavy (non-hydrogen) atoms. The zero-order valence-corrected chi connectivity index (χ0v) is 15.5. The second kappa shape index (κ2) is 9.44. The van der Waals surface area contributed by atoms with Gasteiger partial charge in [0.1, 0.15) is 11.8 Å². The Morgan fingerprint density at radius 3 is 2.32 bits per heavy atom. The van der Waals surface area contributed by atoms with E-state index < -0.39 is 6.04 Å². The van der Waals surface area contributed by atoms with Crippen molar-refractivity contribution in [1.29, 1.82) is 0 Å². The molecule has 1 fully saturated rings. The number of benzene rings is 1. The van der Waals surface area contributed by atoms with Gasteiger partial charge in [0.2, 0.25) is 5.91 Å². The van der Waals surface area contributed by atoms with E-state index in [0.29, 0.717) is 11.3 Å². The van der Waals surface area contributed by atoms with Gasteiger partial charge in [-0.2, -0.15) is 0 Å². The summed E-state index contributed by atoms with van der Waals surface area (Å²) in [6.45, 7) is 3.89. The van der Waals surface area contributed by atoms with Crippen molar-refractivity contribution in [3.63, 3.8) is 0 Å². The number of rotatable bonds is 6. The third-order valence-corrected chi connectivity index (χ3v) is 4.79. The molecule has 0 bridgehead atoms. The summed E-state index contributed by atoms with van der Waals surface area (Å²) in [5.74, 6) is 0.133. The van der Waals surface area contributed by atoms with Gasteiger partial charge >= 0.3 is 0 Å². The van der Waals surface area contributed by atoms with E-state index in [1.54, 1.807) is 18.2 Å². The van der Waals surface area contributed by atoms with Crippen LogP contribution in [0.1, 0.15) is 62.7 Å². The molecule has 1 aromatic carbocycles. The molecule has 0 saturated heterocycles. The molecule has 0 spiro atoms. The van der Waals surface area contributed by atoms with Crippen molar-refractivity contribution in [3.05, 3.63) is 29.8 Å². The second-order valence-electron chi connectivity index (χ2n) is 7.09. The lowest BCUT2D eigenvalue weighted by molar-refractivity contribution is -0.124. The highest BCUT2D eigenvalue weighted by molar-refractivity contribution is 5.99. The predicted octanol–water partition coefficient (Wildman–Crippen LogP) is 3.29. The van der Waals surface area contributed by atoms with Crippen molar-refractivity contribution in [2.45, 2.75) is 64.5 Å². The number of hydrogen-bond donors (Lipinski definition) is 2. The zero-order valence-electron chi connectivity index (χ0n) is 15.5. The standard InChI is InChI=1S/C20H30N2O3/c1-14(2)18(20(24)21-15-10-6-4-5-7-11-15)22-19(23)16-12-8-9-13-17(16)25-3/h8-9,12-15,18H,4-7,10-11H2,1-3H3,(H,21,24)(H,22,23)/t18-/m0/s1. The smallest absolute Gasteiger partial charge is 0.255 e. The van der Waals surface area contributed by atoms with Crippen molar-refractivity contribution in [1.82, 2.24) is 10.6 Å². The normalized spacial score (nSPS) is 16.8. The first-order valence-corrected chi connectivity index (χ1v) is 9.27. The van der Waals surface area contributed by atoms with Crippen molar-refractivity contribution in [3.8, 4) is 5.75 Å². The van der Waals surface area contributed by atoms with Gasteiger partial charge in [-0.25, -0.2) is 0 Å². The van der Waals surface area contributed by atoms with Crippen LogP contribution in [0, 0.1) is 5.92 Å². The topological polar surface area (TPSA) is 67.4 Å². The minimum absolute atomic E-state index is 0.00411. The van der Waals surface area contributed by atoms with E-state index in [0.717, 1.165) is 25.7 Å². The Hall–Kier alpha value is -2.04. The average Bonchev–Trinajstić information content (AvgIpc) is 2.87. The Morgan fingerprint density at radius 1 is 1.08 bits per heavy atom. The van der Waals surface area contributed by atoms with Crippen molar-refractivity contribution >= 4 is 11.8 Å². The molecule has 138 valence electrons. The molecular weight excluding hydrogens is 316 g/mol. The van der Waals surface area contributed by atoms with Crippen LogP contribution >= 0.6 is 0 Å². The lowest BCUT2D eigenvalue weighted by atomic mass is 10.0. The highest BCUT2D eigenvalue weighted by Gasteiger charge is 2.27. The first kappa shape index (κ1) is 19.3. The van der Waals surface area contributed by atoms with Crippen molar-refractivity contribution in [2.24, 2.45) is 5.92 Å². The van der Waals surface area contributed by atoms with Crippen LogP contribution in [-0.2, 0) is 4.79 Å². The van der Waals surface area contributed by atoms with E-state index in [-0.39, 0.29) is 23.8 Å². The molecule has 0 unspecified atom stereocenters. The van der Waals surface area contributed by atoms with E-state index in [1.165, 1.54) is 20.0 Å². The SMILES string of the molecule is COc1ccccc1C(=O)N[C@H](C(=O)NC1CCCCCC1)C(C)C. The van der Waals surface area contributed by atoms with E-state index >= 15 is 0 Å². The number of ether oxygens (including phenoxy) is 1. The first-order valence-electron chi connectivity index (χ1n) is 9.27. The predicted molar refractivity (Wildman–Crippen MR) is 98.7 cm³/mol. The Kier molecular flexibility index (Phi) is 7.29. The molecule has 1 aliphatic rings. The summed E-state index contributed by atoms with van der Waals surface area (Å²) in [5, 5.41) is 6.02. The summed E-state index contributed by atoms with van der Waals surface area (Å²) in [5.41, 5.74) is 0.443. The summed E-state index contributed by atoms with van der Waals surface area (Å²) in [6.07, 6.45) is 6.85. The molecule has 5 heteroatoms. The van der Waals surface area contributed by atoms with Gasteiger partial charge < -0.3 is 15.4 Å². The van der Waals surface area contributed by atoms with Crippen LogP contribution in [0.2, 0.25) is 0 Å². The maximum Gasteiger partial charge on any atom is 0.255 e. The number of carbonyl (C=O) groups is 2. The van der Waals surface area contributed by atoms with Crippen molar-refractivity contribution in [2.75, 3.05) is 7.11 Å². The number of carbonyl (C=O) groups excluding carboxylic acids is 2. The molecule has 2 N–H and O–H groups in total. The molecule has 2 amide bonds. The molecule has 0 radical (unpaired) electrons. The summed E-state index contributed by atoms with van der Waals surface area (Å²) in [6, 6.07) is 6.71. The second-order valence-corrected chi connectivity index (χ2v) is 7.09. The minimum atomic E-state index is -0.555. The number of methoxy groups -OCH3 is 1. The summed E-state index contributed by atoms with van der Waals surface area (Å²) in [4.78, 5) is 25.3. The zero-order chi connectivity index (χ0) is 18.2. The third kappa shape index (κ3) is 5.48. The minimum Gasteiger partial charge on any atom is -0.496 e.